The largest absolute Gasteiger partial charge is 0.356 e. The Bertz CT molecular complexity index is 954. The molecule has 0 radical (unpaired) electrons. The van der Waals surface area contributed by atoms with Crippen LogP contribution in [-0.2, 0) is 6.54 Å². The lowest BCUT2D eigenvalue weighted by Crippen LogP contribution is -2.44. The predicted octanol–water partition coefficient (Wildman–Crippen LogP) is 4.66. The Kier molecular flexibility index (Phi) is 8.47. The maximum absolute atomic E-state index is 4.55. The lowest BCUT2D eigenvalue weighted by molar-refractivity contribution is 0.125. The molecule has 30 heavy (non-hydrogen) atoms. The second kappa shape index (κ2) is 11.1. The fourth-order valence-corrected chi connectivity index (χ4v) is 5.30. The summed E-state index contributed by atoms with van der Waals surface area (Å²) in [4.78, 5) is 12.9. The van der Waals surface area contributed by atoms with Crippen molar-refractivity contribution in [2.24, 2.45) is 10.9 Å². The van der Waals surface area contributed by atoms with Gasteiger partial charge in [-0.1, -0.05) is 30.3 Å². The van der Waals surface area contributed by atoms with Gasteiger partial charge in [0.05, 0.1) is 5.52 Å². The summed E-state index contributed by atoms with van der Waals surface area (Å²) in [6, 6.07) is 15.3. The molecule has 1 aliphatic rings. The number of hydrogen-bond acceptors (Lipinski definition) is 4. The van der Waals surface area contributed by atoms with Crippen LogP contribution in [0.25, 0.3) is 10.9 Å². The van der Waals surface area contributed by atoms with E-state index in [1.807, 2.05) is 30.6 Å². The van der Waals surface area contributed by atoms with E-state index in [0.29, 0.717) is 18.5 Å². The third kappa shape index (κ3) is 5.31. The number of fused-ring (bicyclic) bond motifs is 1. The van der Waals surface area contributed by atoms with Gasteiger partial charge in [0.15, 0.2) is 5.96 Å². The topological polar surface area (TPSA) is 52.6 Å². The second-order valence-electron chi connectivity index (χ2n) is 7.64. The van der Waals surface area contributed by atoms with E-state index in [1.54, 1.807) is 0 Å². The van der Waals surface area contributed by atoms with Crippen molar-refractivity contribution in [3.63, 3.8) is 0 Å². The Morgan fingerprint density at radius 3 is 2.87 bits per heavy atom. The molecule has 4 rings (SSSR count). The minimum Gasteiger partial charge on any atom is -0.356 e. The van der Waals surface area contributed by atoms with Gasteiger partial charge in [-0.05, 0) is 55.4 Å². The van der Waals surface area contributed by atoms with Crippen LogP contribution >= 0.6 is 35.3 Å². The Morgan fingerprint density at radius 2 is 2.07 bits per heavy atom. The lowest BCUT2D eigenvalue weighted by atomic mass is 9.88. The number of likely N-dealkylation sites (tertiary alicyclic amines) is 1. The summed E-state index contributed by atoms with van der Waals surface area (Å²) in [6.07, 6.45) is 4.34. The van der Waals surface area contributed by atoms with E-state index in [9.17, 15) is 0 Å². The number of para-hydroxylation sites is 1. The number of thiophene rings is 1. The first-order valence-corrected chi connectivity index (χ1v) is 11.1. The number of aliphatic imine (C=N–C) groups is 1. The fraction of sp³-hybridized carbons (Fsp3) is 0.391. The molecule has 7 heteroatoms. The number of benzene rings is 1. The van der Waals surface area contributed by atoms with Crippen LogP contribution in [0.1, 0.15) is 29.3 Å². The predicted molar refractivity (Wildman–Crippen MR) is 138 cm³/mol. The van der Waals surface area contributed by atoms with Crippen molar-refractivity contribution in [2.75, 3.05) is 27.2 Å². The zero-order chi connectivity index (χ0) is 20.1. The van der Waals surface area contributed by atoms with Crippen LogP contribution in [0.2, 0.25) is 0 Å². The molecule has 1 fully saturated rings. The standard InChI is InChI=1S/C23H29N5S.HI/c1-24-23(26-15-18-8-3-7-17-9-4-12-25-21(17)18)27-16-19-10-5-13-28(2)22(19)20-11-6-14-29-20;/h3-4,6-9,11-12,14,19,22H,5,10,13,15-16H2,1-2H3,(H2,24,26,27);1H. The molecule has 5 nitrogen and oxygen atoms in total. The Labute approximate surface area is 200 Å². The summed E-state index contributed by atoms with van der Waals surface area (Å²) < 4.78 is 0. The first kappa shape index (κ1) is 23.0. The molecule has 160 valence electrons. The molecule has 0 bridgehead atoms. The highest BCUT2D eigenvalue weighted by atomic mass is 127. The summed E-state index contributed by atoms with van der Waals surface area (Å²) in [6.45, 7) is 2.79. The zero-order valence-electron chi connectivity index (χ0n) is 17.5. The van der Waals surface area contributed by atoms with Gasteiger partial charge >= 0.3 is 0 Å². The molecule has 3 aromatic rings. The van der Waals surface area contributed by atoms with Crippen molar-refractivity contribution < 1.29 is 0 Å². The number of guanidine groups is 1. The Balaban J connectivity index is 0.00000256. The number of piperidine rings is 1. The number of halogens is 1. The molecular weight excluding hydrogens is 505 g/mol. The zero-order valence-corrected chi connectivity index (χ0v) is 20.7. The molecular formula is C23H30IN5S. The van der Waals surface area contributed by atoms with E-state index >= 15 is 0 Å². The van der Waals surface area contributed by atoms with Gasteiger partial charge in [0, 0.05) is 42.6 Å². The molecule has 1 aromatic carbocycles. The van der Waals surface area contributed by atoms with E-state index in [-0.39, 0.29) is 24.0 Å². The van der Waals surface area contributed by atoms with Crippen molar-refractivity contribution in [3.05, 3.63) is 64.5 Å². The molecule has 0 spiro atoms. The summed E-state index contributed by atoms with van der Waals surface area (Å²) in [5.41, 5.74) is 2.23. The summed E-state index contributed by atoms with van der Waals surface area (Å²) >= 11 is 1.86. The number of nitrogens with zero attached hydrogens (tertiary/aromatic N) is 3. The molecule has 2 aromatic heterocycles. The van der Waals surface area contributed by atoms with Crippen molar-refractivity contribution >= 4 is 52.2 Å². The summed E-state index contributed by atoms with van der Waals surface area (Å²) in [5.74, 6) is 1.42. The van der Waals surface area contributed by atoms with E-state index in [1.165, 1.54) is 35.2 Å². The van der Waals surface area contributed by atoms with Gasteiger partial charge in [-0.2, -0.15) is 0 Å². The van der Waals surface area contributed by atoms with Crippen LogP contribution in [0, 0.1) is 5.92 Å². The van der Waals surface area contributed by atoms with Crippen LogP contribution in [0.4, 0.5) is 0 Å². The molecule has 2 N–H and O–H groups in total. The van der Waals surface area contributed by atoms with Gasteiger partial charge in [-0.25, -0.2) is 0 Å². The van der Waals surface area contributed by atoms with Gasteiger partial charge in [-0.3, -0.25) is 14.9 Å². The van der Waals surface area contributed by atoms with E-state index < -0.39 is 0 Å². The maximum Gasteiger partial charge on any atom is 0.191 e. The van der Waals surface area contributed by atoms with Gasteiger partial charge in [-0.15, -0.1) is 35.3 Å². The van der Waals surface area contributed by atoms with Crippen molar-refractivity contribution in [1.82, 2.24) is 20.5 Å². The van der Waals surface area contributed by atoms with Gasteiger partial charge in [0.2, 0.25) is 0 Å². The van der Waals surface area contributed by atoms with Crippen molar-refractivity contribution in [1.29, 1.82) is 0 Å². The number of pyridine rings is 1. The molecule has 1 saturated heterocycles. The average Bonchev–Trinajstić information content (AvgIpc) is 3.28. The number of nitrogens with one attached hydrogen (secondary N) is 2. The third-order valence-electron chi connectivity index (χ3n) is 5.76. The summed E-state index contributed by atoms with van der Waals surface area (Å²) in [7, 11) is 4.08. The third-order valence-corrected chi connectivity index (χ3v) is 6.70. The molecule has 0 saturated carbocycles. The molecule has 0 aliphatic carbocycles. The van der Waals surface area contributed by atoms with Crippen LogP contribution < -0.4 is 10.6 Å². The smallest absolute Gasteiger partial charge is 0.191 e. The molecule has 0 amide bonds. The number of aromatic nitrogens is 1. The minimum atomic E-state index is 0. The molecule has 1 aliphatic heterocycles. The highest BCUT2D eigenvalue weighted by Crippen LogP contribution is 2.36. The van der Waals surface area contributed by atoms with Crippen molar-refractivity contribution in [3.8, 4) is 0 Å². The fourth-order valence-electron chi connectivity index (χ4n) is 4.32. The average molecular weight is 535 g/mol. The monoisotopic (exact) mass is 535 g/mol. The molecule has 3 heterocycles. The van der Waals surface area contributed by atoms with Gasteiger partial charge < -0.3 is 10.6 Å². The van der Waals surface area contributed by atoms with Crippen LogP contribution in [0.15, 0.2) is 59.0 Å². The first-order valence-electron chi connectivity index (χ1n) is 10.3. The van der Waals surface area contributed by atoms with Gasteiger partial charge in [0.1, 0.15) is 0 Å². The highest BCUT2D eigenvalue weighted by molar-refractivity contribution is 14.0. The van der Waals surface area contributed by atoms with E-state index in [0.717, 1.165) is 18.0 Å². The first-order chi connectivity index (χ1) is 14.3. The normalized spacial score (nSPS) is 20.0. The minimum absolute atomic E-state index is 0. The Morgan fingerprint density at radius 1 is 1.20 bits per heavy atom. The number of rotatable bonds is 5. The lowest BCUT2D eigenvalue weighted by Gasteiger charge is -2.39. The number of hydrogen-bond donors (Lipinski definition) is 2. The maximum atomic E-state index is 4.55. The van der Waals surface area contributed by atoms with Gasteiger partial charge in [0.25, 0.3) is 0 Å². The van der Waals surface area contributed by atoms with Crippen molar-refractivity contribution in [2.45, 2.75) is 25.4 Å². The van der Waals surface area contributed by atoms with E-state index in [2.05, 4.69) is 74.3 Å². The SMILES string of the molecule is CN=C(NCc1cccc2cccnc12)NCC1CCCN(C)C1c1cccs1.I. The molecule has 2 atom stereocenters. The van der Waals surface area contributed by atoms with Crippen LogP contribution in [0.5, 0.6) is 0 Å². The highest BCUT2D eigenvalue weighted by Gasteiger charge is 2.31. The van der Waals surface area contributed by atoms with E-state index in [4.69, 9.17) is 0 Å². The Hall–Kier alpha value is -1.71. The van der Waals surface area contributed by atoms with Crippen LogP contribution in [-0.4, -0.2) is 43.0 Å². The second-order valence-corrected chi connectivity index (χ2v) is 8.62. The quantitative estimate of drug-likeness (QED) is 0.284. The molecule has 2 unspecified atom stereocenters. The summed E-state index contributed by atoms with van der Waals surface area (Å²) in [5, 5.41) is 10.4. The van der Waals surface area contributed by atoms with Crippen LogP contribution in [0.3, 0.4) is 0 Å².